The molecule has 17 heavy (non-hydrogen) atoms. The SMILES string of the molecule is CC(C)C(CI)NC(=O)c1c(Cl)cccc1Cl. The minimum atomic E-state index is -0.212. The van der Waals surface area contributed by atoms with Gasteiger partial charge in [-0.05, 0) is 18.1 Å². The molecule has 0 bridgehead atoms. The summed E-state index contributed by atoms with van der Waals surface area (Å²) < 4.78 is 0.850. The lowest BCUT2D eigenvalue weighted by molar-refractivity contribution is 0.0932. The van der Waals surface area contributed by atoms with Crippen LogP contribution in [0.5, 0.6) is 0 Å². The van der Waals surface area contributed by atoms with Crippen molar-refractivity contribution in [1.82, 2.24) is 5.32 Å². The first-order valence-corrected chi connectivity index (χ1v) is 7.56. The highest BCUT2D eigenvalue weighted by Gasteiger charge is 2.19. The highest BCUT2D eigenvalue weighted by Crippen LogP contribution is 2.24. The Morgan fingerprint density at radius 1 is 1.35 bits per heavy atom. The quantitative estimate of drug-likeness (QED) is 0.611. The molecule has 0 radical (unpaired) electrons. The van der Waals surface area contributed by atoms with Crippen LogP contribution in [-0.4, -0.2) is 16.4 Å². The van der Waals surface area contributed by atoms with Crippen LogP contribution in [0.25, 0.3) is 0 Å². The monoisotopic (exact) mass is 385 g/mol. The molecule has 0 spiro atoms. The van der Waals surface area contributed by atoms with Crippen LogP contribution in [0, 0.1) is 5.92 Å². The van der Waals surface area contributed by atoms with E-state index in [0.717, 1.165) is 4.43 Å². The van der Waals surface area contributed by atoms with Crippen molar-refractivity contribution in [2.45, 2.75) is 19.9 Å². The van der Waals surface area contributed by atoms with Gasteiger partial charge in [0.25, 0.3) is 5.91 Å². The van der Waals surface area contributed by atoms with Crippen LogP contribution < -0.4 is 5.32 Å². The molecule has 0 aromatic heterocycles. The van der Waals surface area contributed by atoms with Crippen molar-refractivity contribution in [3.05, 3.63) is 33.8 Å². The molecular formula is C12H14Cl2INO. The zero-order chi connectivity index (χ0) is 13.0. The topological polar surface area (TPSA) is 29.1 Å². The molecule has 0 heterocycles. The largest absolute Gasteiger partial charge is 0.348 e. The number of hydrogen-bond donors (Lipinski definition) is 1. The van der Waals surface area contributed by atoms with Crippen molar-refractivity contribution in [2.75, 3.05) is 4.43 Å². The van der Waals surface area contributed by atoms with Crippen LogP contribution >= 0.6 is 45.8 Å². The second-order valence-corrected chi connectivity index (χ2v) is 5.77. The van der Waals surface area contributed by atoms with Gasteiger partial charge in [0.1, 0.15) is 0 Å². The van der Waals surface area contributed by atoms with E-state index in [-0.39, 0.29) is 11.9 Å². The maximum Gasteiger partial charge on any atom is 0.254 e. The highest BCUT2D eigenvalue weighted by molar-refractivity contribution is 14.1. The minimum Gasteiger partial charge on any atom is -0.348 e. The summed E-state index contributed by atoms with van der Waals surface area (Å²) in [6.07, 6.45) is 0. The van der Waals surface area contributed by atoms with Gasteiger partial charge >= 0.3 is 0 Å². The number of carbonyl (C=O) groups excluding carboxylic acids is 1. The van der Waals surface area contributed by atoms with E-state index >= 15 is 0 Å². The highest BCUT2D eigenvalue weighted by atomic mass is 127. The van der Waals surface area contributed by atoms with Gasteiger partial charge in [0.15, 0.2) is 0 Å². The van der Waals surface area contributed by atoms with Gasteiger partial charge in [-0.1, -0.05) is 65.7 Å². The second-order valence-electron chi connectivity index (χ2n) is 4.07. The van der Waals surface area contributed by atoms with Crippen LogP contribution in [0.1, 0.15) is 24.2 Å². The molecule has 5 heteroatoms. The number of amides is 1. The summed E-state index contributed by atoms with van der Waals surface area (Å²) in [5.74, 6) is 0.160. The standard InChI is InChI=1S/C12H14Cl2INO/c1-7(2)10(6-15)16-12(17)11-8(13)4-3-5-9(11)14/h3-5,7,10H,6H2,1-2H3,(H,16,17). The fourth-order valence-electron chi connectivity index (χ4n) is 1.34. The molecule has 1 aromatic carbocycles. The maximum atomic E-state index is 12.1. The van der Waals surface area contributed by atoms with E-state index in [4.69, 9.17) is 23.2 Å². The van der Waals surface area contributed by atoms with Gasteiger partial charge < -0.3 is 5.32 Å². The summed E-state index contributed by atoms with van der Waals surface area (Å²) in [6, 6.07) is 5.17. The van der Waals surface area contributed by atoms with E-state index in [2.05, 4.69) is 41.8 Å². The van der Waals surface area contributed by atoms with Crippen LogP contribution in [0.3, 0.4) is 0 Å². The lowest BCUT2D eigenvalue weighted by Gasteiger charge is -2.20. The third kappa shape index (κ3) is 4.00. The zero-order valence-corrected chi connectivity index (χ0v) is 13.3. The number of nitrogens with one attached hydrogen (secondary N) is 1. The number of halogens is 3. The third-order valence-electron chi connectivity index (χ3n) is 2.48. The van der Waals surface area contributed by atoms with Crippen LogP contribution in [0.15, 0.2) is 18.2 Å². The lowest BCUT2D eigenvalue weighted by Crippen LogP contribution is -2.39. The molecule has 1 aromatic rings. The van der Waals surface area contributed by atoms with E-state index in [0.29, 0.717) is 21.5 Å². The number of benzene rings is 1. The number of hydrogen-bond acceptors (Lipinski definition) is 1. The minimum absolute atomic E-state index is 0.121. The Kier molecular flexibility index (Phi) is 6.03. The van der Waals surface area contributed by atoms with Crippen LogP contribution in [0.2, 0.25) is 10.0 Å². The number of alkyl halides is 1. The molecule has 0 fully saturated rings. The first kappa shape index (κ1) is 15.1. The molecule has 1 atom stereocenters. The summed E-state index contributed by atoms with van der Waals surface area (Å²) in [7, 11) is 0. The molecule has 0 saturated heterocycles. The molecule has 1 N–H and O–H groups in total. The zero-order valence-electron chi connectivity index (χ0n) is 9.64. The van der Waals surface area contributed by atoms with E-state index in [9.17, 15) is 4.79 Å². The Hall–Kier alpha value is -0.0000000000000000555. The van der Waals surface area contributed by atoms with Crippen molar-refractivity contribution < 1.29 is 4.79 Å². The molecule has 0 aliphatic rings. The average molecular weight is 386 g/mol. The Morgan fingerprint density at radius 3 is 2.29 bits per heavy atom. The third-order valence-corrected chi connectivity index (χ3v) is 4.06. The Bertz CT molecular complexity index is 389. The predicted octanol–water partition coefficient (Wildman–Crippen LogP) is 4.18. The van der Waals surface area contributed by atoms with Gasteiger partial charge in [-0.3, -0.25) is 4.79 Å². The fourth-order valence-corrected chi connectivity index (χ4v) is 3.15. The molecule has 2 nitrogen and oxygen atoms in total. The molecular weight excluding hydrogens is 372 g/mol. The first-order chi connectivity index (χ1) is 7.97. The van der Waals surface area contributed by atoms with E-state index in [1.165, 1.54) is 0 Å². The molecule has 0 aliphatic carbocycles. The van der Waals surface area contributed by atoms with Crippen molar-refractivity contribution >= 4 is 51.7 Å². The Labute approximate surface area is 125 Å². The summed E-state index contributed by atoms with van der Waals surface area (Å²) >= 11 is 14.2. The smallest absolute Gasteiger partial charge is 0.254 e. The normalized spacial score (nSPS) is 12.6. The summed E-state index contributed by atoms with van der Waals surface area (Å²) in [5.41, 5.74) is 0.353. The molecule has 1 unspecified atom stereocenters. The second kappa shape index (κ2) is 6.81. The molecule has 0 aliphatic heterocycles. The van der Waals surface area contributed by atoms with E-state index in [1.807, 2.05) is 0 Å². The summed E-state index contributed by atoms with van der Waals surface area (Å²) in [6.45, 7) is 4.13. The van der Waals surface area contributed by atoms with Gasteiger partial charge in [-0.2, -0.15) is 0 Å². The summed E-state index contributed by atoms with van der Waals surface area (Å²) in [5, 5.41) is 3.71. The maximum absolute atomic E-state index is 12.1. The first-order valence-electron chi connectivity index (χ1n) is 5.28. The van der Waals surface area contributed by atoms with Crippen LogP contribution in [-0.2, 0) is 0 Å². The number of rotatable bonds is 4. The van der Waals surface area contributed by atoms with Gasteiger partial charge in [-0.15, -0.1) is 0 Å². The Balaban J connectivity index is 2.90. The van der Waals surface area contributed by atoms with E-state index < -0.39 is 0 Å². The van der Waals surface area contributed by atoms with Gasteiger partial charge in [0, 0.05) is 10.5 Å². The van der Waals surface area contributed by atoms with Crippen molar-refractivity contribution in [3.63, 3.8) is 0 Å². The van der Waals surface area contributed by atoms with Gasteiger partial charge in [0.05, 0.1) is 15.6 Å². The molecule has 0 saturated carbocycles. The Morgan fingerprint density at radius 2 is 1.88 bits per heavy atom. The van der Waals surface area contributed by atoms with Crippen molar-refractivity contribution in [3.8, 4) is 0 Å². The lowest BCUT2D eigenvalue weighted by atomic mass is 10.1. The van der Waals surface area contributed by atoms with Crippen molar-refractivity contribution in [1.29, 1.82) is 0 Å². The van der Waals surface area contributed by atoms with Gasteiger partial charge in [0.2, 0.25) is 0 Å². The fraction of sp³-hybridized carbons (Fsp3) is 0.417. The van der Waals surface area contributed by atoms with E-state index in [1.54, 1.807) is 18.2 Å². The number of carbonyl (C=O) groups is 1. The summed E-state index contributed by atoms with van der Waals surface area (Å²) in [4.78, 5) is 12.1. The van der Waals surface area contributed by atoms with Gasteiger partial charge in [-0.25, -0.2) is 0 Å². The predicted molar refractivity (Wildman–Crippen MR) is 81.4 cm³/mol. The molecule has 1 rings (SSSR count). The molecule has 1 amide bonds. The van der Waals surface area contributed by atoms with Crippen molar-refractivity contribution in [2.24, 2.45) is 5.92 Å². The van der Waals surface area contributed by atoms with Crippen LogP contribution in [0.4, 0.5) is 0 Å². The molecule has 94 valence electrons. The average Bonchev–Trinajstić information content (AvgIpc) is 2.25.